The standard InChI is InChI=1S/C16H23FN2O2/c1-11-8-12(18)9-13(14(11)17)15(20)19-10-16(21)6-4-2-3-5-7-16/h8-9,21H,2-7,10,18H2,1H3,(H,19,20). The first-order chi connectivity index (χ1) is 9.91. The lowest BCUT2D eigenvalue weighted by molar-refractivity contribution is 0.0246. The van der Waals surface area contributed by atoms with Crippen molar-refractivity contribution >= 4 is 11.6 Å². The van der Waals surface area contributed by atoms with E-state index in [9.17, 15) is 14.3 Å². The lowest BCUT2D eigenvalue weighted by atomic mass is 9.94. The molecule has 1 aliphatic rings. The summed E-state index contributed by atoms with van der Waals surface area (Å²) in [7, 11) is 0. The molecule has 2 rings (SSSR count). The van der Waals surface area contributed by atoms with Crippen LogP contribution in [0.5, 0.6) is 0 Å². The molecule has 5 heteroatoms. The Balaban J connectivity index is 2.05. The van der Waals surface area contributed by atoms with Crippen LogP contribution >= 0.6 is 0 Å². The van der Waals surface area contributed by atoms with Crippen molar-refractivity contribution in [1.82, 2.24) is 5.32 Å². The molecule has 1 aliphatic carbocycles. The van der Waals surface area contributed by atoms with E-state index in [0.717, 1.165) is 25.7 Å². The average Bonchev–Trinajstić information content (AvgIpc) is 2.65. The molecule has 1 amide bonds. The number of carbonyl (C=O) groups excluding carboxylic acids is 1. The minimum atomic E-state index is -0.877. The van der Waals surface area contributed by atoms with Gasteiger partial charge in [-0.25, -0.2) is 4.39 Å². The number of hydrogen-bond donors (Lipinski definition) is 3. The molecule has 0 bridgehead atoms. The lowest BCUT2D eigenvalue weighted by Gasteiger charge is -2.26. The summed E-state index contributed by atoms with van der Waals surface area (Å²) in [4.78, 5) is 12.1. The van der Waals surface area contributed by atoms with Gasteiger partial charge in [0.15, 0.2) is 0 Å². The number of hydrogen-bond acceptors (Lipinski definition) is 3. The molecule has 1 fully saturated rings. The Morgan fingerprint density at radius 2 is 1.95 bits per heavy atom. The van der Waals surface area contributed by atoms with Crippen LogP contribution in [0.4, 0.5) is 10.1 Å². The number of halogens is 1. The highest BCUT2D eigenvalue weighted by Crippen LogP contribution is 2.26. The number of nitrogens with one attached hydrogen (secondary N) is 1. The average molecular weight is 294 g/mol. The first-order valence-corrected chi connectivity index (χ1v) is 7.47. The van der Waals surface area contributed by atoms with Crippen molar-refractivity contribution in [3.63, 3.8) is 0 Å². The number of rotatable bonds is 3. The van der Waals surface area contributed by atoms with E-state index in [1.807, 2.05) is 0 Å². The molecule has 1 aromatic rings. The van der Waals surface area contributed by atoms with Crippen molar-refractivity contribution in [2.24, 2.45) is 0 Å². The molecule has 0 radical (unpaired) electrons. The van der Waals surface area contributed by atoms with Crippen LogP contribution in [-0.4, -0.2) is 23.2 Å². The molecule has 1 aromatic carbocycles. The van der Waals surface area contributed by atoms with Crippen LogP contribution in [0.1, 0.15) is 54.4 Å². The van der Waals surface area contributed by atoms with E-state index >= 15 is 0 Å². The summed E-state index contributed by atoms with van der Waals surface area (Å²) in [5.74, 6) is -1.09. The number of benzene rings is 1. The van der Waals surface area contributed by atoms with Gasteiger partial charge in [-0.05, 0) is 37.5 Å². The Labute approximate surface area is 124 Å². The number of nitrogens with two attached hydrogens (primary N) is 1. The van der Waals surface area contributed by atoms with E-state index in [1.54, 1.807) is 6.92 Å². The van der Waals surface area contributed by atoms with Crippen LogP contribution < -0.4 is 11.1 Å². The molecule has 0 aromatic heterocycles. The maximum atomic E-state index is 14.0. The lowest BCUT2D eigenvalue weighted by Crippen LogP contribution is -2.42. The van der Waals surface area contributed by atoms with E-state index in [4.69, 9.17) is 5.73 Å². The fourth-order valence-electron chi connectivity index (χ4n) is 2.87. The van der Waals surface area contributed by atoms with Crippen LogP contribution in [-0.2, 0) is 0 Å². The molecule has 4 nitrogen and oxygen atoms in total. The summed E-state index contributed by atoms with van der Waals surface area (Å²) in [5.41, 5.74) is 5.41. The Kier molecular flexibility index (Phi) is 4.83. The van der Waals surface area contributed by atoms with Gasteiger partial charge in [-0.15, -0.1) is 0 Å². The zero-order valence-corrected chi connectivity index (χ0v) is 12.4. The molecular weight excluding hydrogens is 271 g/mol. The number of nitrogen functional groups attached to an aromatic ring is 1. The third-order valence-corrected chi connectivity index (χ3v) is 4.13. The highest BCUT2D eigenvalue weighted by molar-refractivity contribution is 5.95. The summed E-state index contributed by atoms with van der Waals surface area (Å²) < 4.78 is 14.0. The number of amides is 1. The summed E-state index contributed by atoms with van der Waals surface area (Å²) >= 11 is 0. The van der Waals surface area contributed by atoms with Crippen LogP contribution in [0.2, 0.25) is 0 Å². The first-order valence-electron chi connectivity index (χ1n) is 7.47. The third-order valence-electron chi connectivity index (χ3n) is 4.13. The molecule has 0 atom stereocenters. The van der Waals surface area contributed by atoms with Crippen molar-refractivity contribution in [3.8, 4) is 0 Å². The second-order valence-electron chi connectivity index (χ2n) is 6.02. The van der Waals surface area contributed by atoms with Crippen LogP contribution in [0.15, 0.2) is 12.1 Å². The highest BCUT2D eigenvalue weighted by atomic mass is 19.1. The van der Waals surface area contributed by atoms with Gasteiger partial charge >= 0.3 is 0 Å². The third kappa shape index (κ3) is 3.94. The van der Waals surface area contributed by atoms with Crippen molar-refractivity contribution < 1.29 is 14.3 Å². The zero-order chi connectivity index (χ0) is 15.5. The van der Waals surface area contributed by atoms with Crippen molar-refractivity contribution in [2.45, 2.75) is 51.0 Å². The van der Waals surface area contributed by atoms with Crippen LogP contribution in [0, 0.1) is 12.7 Å². The van der Waals surface area contributed by atoms with Gasteiger partial charge in [0.25, 0.3) is 5.91 Å². The molecule has 4 N–H and O–H groups in total. The van der Waals surface area contributed by atoms with Gasteiger partial charge in [0.2, 0.25) is 0 Å². The predicted molar refractivity (Wildman–Crippen MR) is 80.5 cm³/mol. The summed E-state index contributed by atoms with van der Waals surface area (Å²) in [6.45, 7) is 1.72. The fraction of sp³-hybridized carbons (Fsp3) is 0.562. The Bertz CT molecular complexity index is 523. The van der Waals surface area contributed by atoms with Gasteiger partial charge in [-0.3, -0.25) is 4.79 Å². The van der Waals surface area contributed by atoms with E-state index in [0.29, 0.717) is 24.1 Å². The van der Waals surface area contributed by atoms with E-state index in [1.165, 1.54) is 12.1 Å². The van der Waals surface area contributed by atoms with Gasteiger partial charge in [0, 0.05) is 12.2 Å². The number of carbonyl (C=O) groups is 1. The second kappa shape index (κ2) is 6.43. The summed E-state index contributed by atoms with van der Waals surface area (Å²) in [6, 6.07) is 2.82. The zero-order valence-electron chi connectivity index (χ0n) is 12.4. The van der Waals surface area contributed by atoms with E-state index < -0.39 is 17.3 Å². The molecule has 1 saturated carbocycles. The molecule has 0 spiro atoms. The molecule has 0 heterocycles. The monoisotopic (exact) mass is 294 g/mol. The highest BCUT2D eigenvalue weighted by Gasteiger charge is 2.29. The summed E-state index contributed by atoms with van der Waals surface area (Å²) in [5, 5.41) is 13.1. The predicted octanol–water partition coefficient (Wildman–Crippen LogP) is 2.53. The quantitative estimate of drug-likeness (QED) is 0.592. The maximum absolute atomic E-state index is 14.0. The van der Waals surface area contributed by atoms with Gasteiger partial charge in [-0.2, -0.15) is 0 Å². The van der Waals surface area contributed by atoms with Crippen molar-refractivity contribution in [1.29, 1.82) is 0 Å². The van der Waals surface area contributed by atoms with Crippen LogP contribution in [0.3, 0.4) is 0 Å². The summed E-state index contributed by atoms with van der Waals surface area (Å²) in [6.07, 6.45) is 5.48. The first kappa shape index (κ1) is 15.8. The Morgan fingerprint density at radius 3 is 2.57 bits per heavy atom. The van der Waals surface area contributed by atoms with Gasteiger partial charge in [0.1, 0.15) is 5.82 Å². The number of aryl methyl sites for hydroxylation is 1. The fourth-order valence-corrected chi connectivity index (χ4v) is 2.87. The molecular formula is C16H23FN2O2. The van der Waals surface area contributed by atoms with Gasteiger partial charge in [0.05, 0.1) is 11.2 Å². The van der Waals surface area contributed by atoms with Crippen molar-refractivity contribution in [2.75, 3.05) is 12.3 Å². The molecule has 0 unspecified atom stereocenters. The van der Waals surface area contributed by atoms with E-state index in [-0.39, 0.29) is 12.1 Å². The van der Waals surface area contributed by atoms with Crippen LogP contribution in [0.25, 0.3) is 0 Å². The van der Waals surface area contributed by atoms with Crippen molar-refractivity contribution in [3.05, 3.63) is 29.1 Å². The Morgan fingerprint density at radius 1 is 1.33 bits per heavy atom. The smallest absolute Gasteiger partial charge is 0.254 e. The van der Waals surface area contributed by atoms with E-state index in [2.05, 4.69) is 5.32 Å². The normalized spacial score (nSPS) is 18.0. The minimum Gasteiger partial charge on any atom is -0.399 e. The number of aliphatic hydroxyl groups is 1. The maximum Gasteiger partial charge on any atom is 0.254 e. The largest absolute Gasteiger partial charge is 0.399 e. The minimum absolute atomic E-state index is 0.0651. The van der Waals surface area contributed by atoms with Gasteiger partial charge in [-0.1, -0.05) is 25.7 Å². The molecule has 0 saturated heterocycles. The SMILES string of the molecule is Cc1cc(N)cc(C(=O)NCC2(O)CCCCCC2)c1F. The topological polar surface area (TPSA) is 75.4 Å². The van der Waals surface area contributed by atoms with Gasteiger partial charge < -0.3 is 16.2 Å². The Hall–Kier alpha value is -1.62. The molecule has 0 aliphatic heterocycles. The number of anilines is 1. The molecule has 116 valence electrons. The second-order valence-corrected chi connectivity index (χ2v) is 6.02. The molecule has 21 heavy (non-hydrogen) atoms.